The Labute approximate surface area is 152 Å². The first-order valence-corrected chi connectivity index (χ1v) is 9.03. The van der Waals surface area contributed by atoms with Crippen LogP contribution in [-0.2, 0) is 16.1 Å². The summed E-state index contributed by atoms with van der Waals surface area (Å²) in [6.07, 6.45) is 0. The van der Waals surface area contributed by atoms with Gasteiger partial charge in [-0.2, -0.15) is 0 Å². The lowest BCUT2D eigenvalue weighted by Gasteiger charge is -2.16. The smallest absolute Gasteiger partial charge is 0.341 e. The second-order valence-corrected chi connectivity index (χ2v) is 7.14. The van der Waals surface area contributed by atoms with Crippen LogP contribution < -0.4 is 5.32 Å². The highest BCUT2D eigenvalue weighted by Crippen LogP contribution is 2.33. The predicted octanol–water partition coefficient (Wildman–Crippen LogP) is 3.61. The monoisotopic (exact) mass is 360 g/mol. The number of hydrogen-bond donors (Lipinski definition) is 1. The number of nitrogens with one attached hydrogen (secondary N) is 1. The number of rotatable bonds is 7. The average molecular weight is 360 g/mol. The molecule has 25 heavy (non-hydrogen) atoms. The van der Waals surface area contributed by atoms with Crippen LogP contribution in [0.25, 0.3) is 0 Å². The predicted molar refractivity (Wildman–Crippen MR) is 101 cm³/mol. The van der Waals surface area contributed by atoms with Gasteiger partial charge in [0.15, 0.2) is 0 Å². The molecular formula is C19H24N2O3S. The van der Waals surface area contributed by atoms with Crippen LogP contribution in [0.1, 0.15) is 33.3 Å². The molecule has 6 heteroatoms. The molecule has 0 bridgehead atoms. The molecule has 2 aromatic rings. The summed E-state index contributed by atoms with van der Waals surface area (Å²) < 4.78 is 5.11. The van der Waals surface area contributed by atoms with Gasteiger partial charge in [-0.3, -0.25) is 9.69 Å². The minimum atomic E-state index is -0.391. The number of esters is 1. The molecule has 1 N–H and O–H groups in total. The highest BCUT2D eigenvalue weighted by Gasteiger charge is 2.22. The van der Waals surface area contributed by atoms with Gasteiger partial charge in [0.25, 0.3) is 0 Å². The molecule has 1 aromatic carbocycles. The maximum absolute atomic E-state index is 12.4. The van der Waals surface area contributed by atoms with Gasteiger partial charge in [-0.1, -0.05) is 30.3 Å². The van der Waals surface area contributed by atoms with Gasteiger partial charge in [0.2, 0.25) is 5.91 Å². The number of aryl methyl sites for hydroxylation is 1. The normalized spacial score (nSPS) is 10.8. The average Bonchev–Trinajstić information content (AvgIpc) is 2.82. The molecule has 0 aliphatic heterocycles. The van der Waals surface area contributed by atoms with Crippen LogP contribution in [0.15, 0.2) is 30.3 Å². The van der Waals surface area contributed by atoms with E-state index in [0.717, 1.165) is 16.0 Å². The molecule has 0 aliphatic rings. The summed E-state index contributed by atoms with van der Waals surface area (Å²) in [4.78, 5) is 27.5. The van der Waals surface area contributed by atoms with Crippen molar-refractivity contribution in [2.24, 2.45) is 0 Å². The number of benzene rings is 1. The van der Waals surface area contributed by atoms with Crippen molar-refractivity contribution in [3.63, 3.8) is 0 Å². The highest BCUT2D eigenvalue weighted by molar-refractivity contribution is 7.16. The van der Waals surface area contributed by atoms with E-state index < -0.39 is 5.97 Å². The molecule has 0 aliphatic carbocycles. The van der Waals surface area contributed by atoms with Gasteiger partial charge in [0, 0.05) is 11.4 Å². The highest BCUT2D eigenvalue weighted by atomic mass is 32.1. The van der Waals surface area contributed by atoms with E-state index in [2.05, 4.69) is 5.32 Å². The van der Waals surface area contributed by atoms with Crippen LogP contribution in [0, 0.1) is 13.8 Å². The third kappa shape index (κ3) is 5.14. The van der Waals surface area contributed by atoms with Gasteiger partial charge in [-0.15, -0.1) is 11.3 Å². The molecule has 0 saturated carbocycles. The Kier molecular flexibility index (Phi) is 6.73. The van der Waals surface area contributed by atoms with Crippen molar-refractivity contribution in [2.75, 3.05) is 25.5 Å². The van der Waals surface area contributed by atoms with Gasteiger partial charge in [0.05, 0.1) is 18.7 Å². The van der Waals surface area contributed by atoms with E-state index in [4.69, 9.17) is 4.74 Å². The second-order valence-electron chi connectivity index (χ2n) is 5.91. The van der Waals surface area contributed by atoms with Gasteiger partial charge in [0.1, 0.15) is 5.00 Å². The van der Waals surface area contributed by atoms with E-state index >= 15 is 0 Å². The lowest BCUT2D eigenvalue weighted by Crippen LogP contribution is -2.30. The van der Waals surface area contributed by atoms with E-state index in [1.54, 1.807) is 6.92 Å². The molecule has 0 spiro atoms. The largest absolute Gasteiger partial charge is 0.462 e. The fraction of sp³-hybridized carbons (Fsp3) is 0.368. The Balaban J connectivity index is 2.03. The quantitative estimate of drug-likeness (QED) is 0.766. The first-order valence-electron chi connectivity index (χ1n) is 8.21. The van der Waals surface area contributed by atoms with Crippen molar-refractivity contribution < 1.29 is 14.3 Å². The first-order chi connectivity index (χ1) is 11.9. The summed E-state index contributed by atoms with van der Waals surface area (Å²) in [7, 11) is 1.89. The number of carbonyl (C=O) groups excluding carboxylic acids is 2. The molecular weight excluding hydrogens is 336 g/mol. The summed E-state index contributed by atoms with van der Waals surface area (Å²) in [6, 6.07) is 9.98. The lowest BCUT2D eigenvalue weighted by molar-refractivity contribution is -0.117. The molecule has 1 amide bonds. The number of amides is 1. The molecule has 0 radical (unpaired) electrons. The summed E-state index contributed by atoms with van der Waals surface area (Å²) in [5, 5.41) is 3.43. The zero-order valence-corrected chi connectivity index (χ0v) is 15.9. The standard InChI is InChI=1S/C19H24N2O3S/c1-5-24-19(23)17-13(2)14(3)25-18(17)20-16(22)12-21(4)11-15-9-7-6-8-10-15/h6-10H,5,11-12H2,1-4H3,(H,20,22). The van der Waals surface area contributed by atoms with Gasteiger partial charge < -0.3 is 10.1 Å². The van der Waals surface area contributed by atoms with Crippen LogP contribution in [-0.4, -0.2) is 37.0 Å². The molecule has 0 unspecified atom stereocenters. The molecule has 0 fully saturated rings. The number of ether oxygens (including phenoxy) is 1. The van der Waals surface area contributed by atoms with Crippen molar-refractivity contribution in [3.05, 3.63) is 51.9 Å². The first kappa shape index (κ1) is 19.1. The topological polar surface area (TPSA) is 58.6 Å². The molecule has 134 valence electrons. The summed E-state index contributed by atoms with van der Waals surface area (Å²) in [5.41, 5.74) is 2.47. The van der Waals surface area contributed by atoms with Crippen LogP contribution in [0.3, 0.4) is 0 Å². The molecule has 0 saturated heterocycles. The van der Waals surface area contributed by atoms with E-state index in [-0.39, 0.29) is 12.5 Å². The summed E-state index contributed by atoms with van der Waals surface area (Å²) >= 11 is 1.40. The zero-order chi connectivity index (χ0) is 18.4. The van der Waals surface area contributed by atoms with Crippen LogP contribution in [0.2, 0.25) is 0 Å². The number of carbonyl (C=O) groups is 2. The Hall–Kier alpha value is -2.18. The molecule has 0 atom stereocenters. The number of nitrogens with zero attached hydrogens (tertiary/aromatic N) is 1. The van der Waals surface area contributed by atoms with Gasteiger partial charge in [-0.25, -0.2) is 4.79 Å². The van der Waals surface area contributed by atoms with Crippen molar-refractivity contribution in [3.8, 4) is 0 Å². The zero-order valence-electron chi connectivity index (χ0n) is 15.1. The SMILES string of the molecule is CCOC(=O)c1c(NC(=O)CN(C)Cc2ccccc2)sc(C)c1C. The molecule has 2 rings (SSSR count). The molecule has 1 heterocycles. The van der Waals surface area contributed by atoms with E-state index in [1.807, 2.05) is 56.1 Å². The maximum atomic E-state index is 12.4. The fourth-order valence-corrected chi connectivity index (χ4v) is 3.59. The van der Waals surface area contributed by atoms with Crippen LogP contribution >= 0.6 is 11.3 Å². The number of anilines is 1. The van der Waals surface area contributed by atoms with Gasteiger partial charge >= 0.3 is 5.97 Å². The lowest BCUT2D eigenvalue weighted by atomic mass is 10.1. The third-order valence-corrected chi connectivity index (χ3v) is 4.95. The van der Waals surface area contributed by atoms with Crippen molar-refractivity contribution in [1.82, 2.24) is 4.90 Å². The number of likely N-dealkylation sites (N-methyl/N-ethyl adjacent to an activating group) is 1. The Bertz CT molecular complexity index is 741. The number of hydrogen-bond acceptors (Lipinski definition) is 5. The van der Waals surface area contributed by atoms with Crippen LogP contribution in [0.5, 0.6) is 0 Å². The maximum Gasteiger partial charge on any atom is 0.341 e. The minimum Gasteiger partial charge on any atom is -0.462 e. The Morgan fingerprint density at radius 3 is 2.52 bits per heavy atom. The molecule has 5 nitrogen and oxygen atoms in total. The fourth-order valence-electron chi connectivity index (χ4n) is 2.53. The van der Waals surface area contributed by atoms with Crippen LogP contribution in [0.4, 0.5) is 5.00 Å². The number of thiophene rings is 1. The molecule has 1 aromatic heterocycles. The Morgan fingerprint density at radius 1 is 1.20 bits per heavy atom. The Morgan fingerprint density at radius 2 is 1.88 bits per heavy atom. The van der Waals surface area contributed by atoms with E-state index in [0.29, 0.717) is 23.7 Å². The van der Waals surface area contributed by atoms with E-state index in [1.165, 1.54) is 11.3 Å². The summed E-state index contributed by atoms with van der Waals surface area (Å²) in [5.74, 6) is -0.539. The third-order valence-electron chi connectivity index (χ3n) is 3.83. The second kappa shape index (κ2) is 8.78. The van der Waals surface area contributed by atoms with Crippen molar-refractivity contribution >= 4 is 28.2 Å². The summed E-state index contributed by atoms with van der Waals surface area (Å²) in [6.45, 7) is 6.80. The minimum absolute atomic E-state index is 0.148. The van der Waals surface area contributed by atoms with Crippen molar-refractivity contribution in [1.29, 1.82) is 0 Å². The van der Waals surface area contributed by atoms with Crippen molar-refractivity contribution in [2.45, 2.75) is 27.3 Å². The van der Waals surface area contributed by atoms with Gasteiger partial charge in [-0.05, 0) is 38.9 Å². The van der Waals surface area contributed by atoms with E-state index in [9.17, 15) is 9.59 Å².